The van der Waals surface area contributed by atoms with Gasteiger partial charge in [0.2, 0.25) is 0 Å². The van der Waals surface area contributed by atoms with Crippen molar-refractivity contribution < 1.29 is 18.7 Å². The first-order valence-electron chi connectivity index (χ1n) is 6.63. The van der Waals surface area contributed by atoms with E-state index in [1.54, 1.807) is 36.4 Å². The van der Waals surface area contributed by atoms with Gasteiger partial charge in [-0.25, -0.2) is 9.18 Å². The number of amides is 1. The van der Waals surface area contributed by atoms with E-state index in [2.05, 4.69) is 0 Å². The highest BCUT2D eigenvalue weighted by Crippen LogP contribution is 2.37. The van der Waals surface area contributed by atoms with Crippen LogP contribution >= 0.6 is 0 Å². The lowest BCUT2D eigenvalue weighted by atomic mass is 9.97. The highest BCUT2D eigenvalue weighted by molar-refractivity contribution is 5.68. The number of carbonyl (C=O) groups is 1. The zero-order chi connectivity index (χ0) is 14.8. The normalized spacial score (nSPS) is 16.7. The van der Waals surface area contributed by atoms with E-state index in [0.717, 1.165) is 0 Å². The van der Waals surface area contributed by atoms with Crippen molar-refractivity contribution in [2.45, 2.75) is 12.5 Å². The first-order valence-corrected chi connectivity index (χ1v) is 6.63. The van der Waals surface area contributed by atoms with Gasteiger partial charge < -0.3 is 15.2 Å². The summed E-state index contributed by atoms with van der Waals surface area (Å²) in [6.45, 7) is 0.448. The van der Waals surface area contributed by atoms with Crippen LogP contribution in [-0.4, -0.2) is 12.7 Å². The van der Waals surface area contributed by atoms with E-state index in [1.165, 1.54) is 6.07 Å². The van der Waals surface area contributed by atoms with Crippen LogP contribution in [0.1, 0.15) is 18.1 Å². The summed E-state index contributed by atoms with van der Waals surface area (Å²) in [6, 6.07) is 11.8. The summed E-state index contributed by atoms with van der Waals surface area (Å²) in [4.78, 5) is 11.0. The number of nitrogens with two attached hydrogens (primary N) is 1. The minimum atomic E-state index is -0.829. The second-order valence-corrected chi connectivity index (χ2v) is 4.80. The Morgan fingerprint density at radius 3 is 2.86 bits per heavy atom. The zero-order valence-electron chi connectivity index (χ0n) is 11.2. The predicted molar refractivity (Wildman–Crippen MR) is 75.4 cm³/mol. The van der Waals surface area contributed by atoms with Gasteiger partial charge >= 0.3 is 6.09 Å². The lowest BCUT2D eigenvalue weighted by molar-refractivity contribution is 0.0766. The van der Waals surface area contributed by atoms with E-state index >= 15 is 0 Å². The average Bonchev–Trinajstić information content (AvgIpc) is 2.47. The van der Waals surface area contributed by atoms with Gasteiger partial charge in [0.1, 0.15) is 17.7 Å². The summed E-state index contributed by atoms with van der Waals surface area (Å²) < 4.78 is 24.5. The molecular formula is C16H14FNO3. The van der Waals surface area contributed by atoms with Gasteiger partial charge in [-0.1, -0.05) is 24.3 Å². The average molecular weight is 287 g/mol. The molecule has 4 nitrogen and oxygen atoms in total. The van der Waals surface area contributed by atoms with Gasteiger partial charge in [-0.2, -0.15) is 0 Å². The van der Waals surface area contributed by atoms with E-state index in [9.17, 15) is 9.18 Å². The summed E-state index contributed by atoms with van der Waals surface area (Å²) >= 11 is 0. The van der Waals surface area contributed by atoms with Gasteiger partial charge in [-0.15, -0.1) is 0 Å². The van der Waals surface area contributed by atoms with Gasteiger partial charge in [0.15, 0.2) is 0 Å². The first kappa shape index (κ1) is 13.4. The maximum Gasteiger partial charge on any atom is 0.405 e. The summed E-state index contributed by atoms with van der Waals surface area (Å²) in [5.74, 6) is 0.328. The molecular weight excluding hydrogens is 273 g/mol. The van der Waals surface area contributed by atoms with Crippen LogP contribution in [0.15, 0.2) is 42.5 Å². The van der Waals surface area contributed by atoms with Gasteiger partial charge in [0, 0.05) is 17.5 Å². The molecule has 0 radical (unpaired) electrons. The molecule has 2 N–H and O–H groups in total. The second kappa shape index (κ2) is 5.44. The van der Waals surface area contributed by atoms with E-state index in [0.29, 0.717) is 35.5 Å². The van der Waals surface area contributed by atoms with Crippen LogP contribution in [0.4, 0.5) is 9.18 Å². The maximum absolute atomic E-state index is 13.9. The Morgan fingerprint density at radius 2 is 2.10 bits per heavy atom. The van der Waals surface area contributed by atoms with E-state index in [4.69, 9.17) is 15.2 Å². The van der Waals surface area contributed by atoms with Crippen molar-refractivity contribution >= 4 is 6.09 Å². The van der Waals surface area contributed by atoms with Crippen LogP contribution in [0.5, 0.6) is 5.75 Å². The number of primary amides is 1. The molecule has 108 valence electrons. The SMILES string of the molecule is NC(=O)OC1CCOc2ccc(-c3ccccc3F)cc21. The third-order valence-corrected chi connectivity index (χ3v) is 3.44. The van der Waals surface area contributed by atoms with Crippen molar-refractivity contribution in [3.8, 4) is 16.9 Å². The highest BCUT2D eigenvalue weighted by Gasteiger charge is 2.25. The topological polar surface area (TPSA) is 61.6 Å². The fraction of sp³-hybridized carbons (Fsp3) is 0.188. The Bertz CT molecular complexity index is 687. The van der Waals surface area contributed by atoms with Crippen molar-refractivity contribution in [2.24, 2.45) is 5.73 Å². The van der Waals surface area contributed by atoms with Crippen LogP contribution in [0.25, 0.3) is 11.1 Å². The fourth-order valence-corrected chi connectivity index (χ4v) is 2.49. The number of rotatable bonds is 2. The monoisotopic (exact) mass is 287 g/mol. The Morgan fingerprint density at radius 1 is 1.29 bits per heavy atom. The first-order chi connectivity index (χ1) is 10.1. The highest BCUT2D eigenvalue weighted by atomic mass is 19.1. The van der Waals surface area contributed by atoms with Crippen molar-refractivity contribution in [3.63, 3.8) is 0 Å². The molecule has 5 heteroatoms. The van der Waals surface area contributed by atoms with E-state index in [-0.39, 0.29) is 5.82 Å². The van der Waals surface area contributed by atoms with Gasteiger partial charge in [0.05, 0.1) is 6.61 Å². The lowest BCUT2D eigenvalue weighted by Gasteiger charge is -2.25. The van der Waals surface area contributed by atoms with Crippen molar-refractivity contribution in [2.75, 3.05) is 6.61 Å². The molecule has 2 aromatic carbocycles. The van der Waals surface area contributed by atoms with Gasteiger partial charge in [-0.3, -0.25) is 0 Å². The molecule has 1 unspecified atom stereocenters. The molecule has 0 aliphatic carbocycles. The number of ether oxygens (including phenoxy) is 2. The van der Waals surface area contributed by atoms with Crippen LogP contribution in [0, 0.1) is 5.82 Å². The molecule has 2 aromatic rings. The number of hydrogen-bond acceptors (Lipinski definition) is 3. The van der Waals surface area contributed by atoms with Crippen LogP contribution in [0.2, 0.25) is 0 Å². The Labute approximate surface area is 121 Å². The molecule has 0 spiro atoms. The number of hydrogen-bond donors (Lipinski definition) is 1. The van der Waals surface area contributed by atoms with Crippen molar-refractivity contribution in [1.29, 1.82) is 0 Å². The number of carbonyl (C=O) groups excluding carboxylic acids is 1. The van der Waals surface area contributed by atoms with E-state index in [1.807, 2.05) is 0 Å². The largest absolute Gasteiger partial charge is 0.493 e. The molecule has 0 aromatic heterocycles. The number of fused-ring (bicyclic) bond motifs is 1. The zero-order valence-corrected chi connectivity index (χ0v) is 11.2. The van der Waals surface area contributed by atoms with Crippen molar-refractivity contribution in [3.05, 3.63) is 53.8 Å². The van der Waals surface area contributed by atoms with Gasteiger partial charge in [0.25, 0.3) is 0 Å². The fourth-order valence-electron chi connectivity index (χ4n) is 2.49. The molecule has 1 amide bonds. The lowest BCUT2D eigenvalue weighted by Crippen LogP contribution is -2.22. The minimum Gasteiger partial charge on any atom is -0.493 e. The molecule has 0 fully saturated rings. The Balaban J connectivity index is 2.03. The quantitative estimate of drug-likeness (QED) is 0.920. The molecule has 1 atom stereocenters. The molecule has 3 rings (SSSR count). The van der Waals surface area contributed by atoms with Crippen LogP contribution in [0.3, 0.4) is 0 Å². The summed E-state index contributed by atoms with van der Waals surface area (Å²) in [7, 11) is 0. The second-order valence-electron chi connectivity index (χ2n) is 4.80. The molecule has 0 saturated heterocycles. The minimum absolute atomic E-state index is 0.304. The number of benzene rings is 2. The summed E-state index contributed by atoms with van der Waals surface area (Å²) in [5, 5.41) is 0. The summed E-state index contributed by atoms with van der Waals surface area (Å²) in [5.41, 5.74) is 6.99. The molecule has 21 heavy (non-hydrogen) atoms. The molecule has 0 saturated carbocycles. The number of halogens is 1. The van der Waals surface area contributed by atoms with Gasteiger partial charge in [-0.05, 0) is 23.8 Å². The molecule has 1 aliphatic rings. The standard InChI is InChI=1S/C16H14FNO3/c17-13-4-2-1-3-11(13)10-5-6-14-12(9-10)15(7-8-20-14)21-16(18)19/h1-6,9,15H,7-8H2,(H2,18,19). The summed E-state index contributed by atoms with van der Waals surface area (Å²) in [6.07, 6.45) is -0.765. The third kappa shape index (κ3) is 2.67. The smallest absolute Gasteiger partial charge is 0.405 e. The Hall–Kier alpha value is -2.56. The van der Waals surface area contributed by atoms with Crippen molar-refractivity contribution in [1.82, 2.24) is 0 Å². The molecule has 1 heterocycles. The van der Waals surface area contributed by atoms with Crippen LogP contribution < -0.4 is 10.5 Å². The molecule has 1 aliphatic heterocycles. The predicted octanol–water partition coefficient (Wildman–Crippen LogP) is 3.41. The maximum atomic E-state index is 13.9. The van der Waals surface area contributed by atoms with E-state index < -0.39 is 12.2 Å². The molecule has 0 bridgehead atoms. The third-order valence-electron chi connectivity index (χ3n) is 3.44. The Kier molecular flexibility index (Phi) is 3.48. The van der Waals surface area contributed by atoms with Crippen LogP contribution in [-0.2, 0) is 4.74 Å².